The molecule has 0 bridgehead atoms. The molecular weight excluding hydrogens is 238 g/mol. The normalized spacial score (nSPS) is 13.6. The second kappa shape index (κ2) is 6.14. The summed E-state index contributed by atoms with van der Waals surface area (Å²) in [5.74, 6) is 0.00884. The van der Waals surface area contributed by atoms with Gasteiger partial charge in [0.25, 0.3) is 0 Å². The van der Waals surface area contributed by atoms with Gasteiger partial charge in [-0.25, -0.2) is 8.42 Å². The smallest absolute Gasteiger partial charge is 0.180 e. The number of rotatable bonds is 6. The Morgan fingerprint density at radius 3 is 2.53 bits per heavy atom. The molecule has 96 valence electrons. The van der Waals surface area contributed by atoms with Crippen LogP contribution in [-0.2, 0) is 9.84 Å². The van der Waals surface area contributed by atoms with Crippen molar-refractivity contribution in [1.29, 1.82) is 0 Å². The second-order valence-electron chi connectivity index (χ2n) is 4.04. The molecule has 0 fully saturated rings. The van der Waals surface area contributed by atoms with E-state index in [1.165, 1.54) is 0 Å². The predicted molar refractivity (Wildman–Crippen MR) is 67.8 cm³/mol. The Morgan fingerprint density at radius 1 is 1.35 bits per heavy atom. The first-order valence-electron chi connectivity index (χ1n) is 5.57. The van der Waals surface area contributed by atoms with Crippen molar-refractivity contribution in [3.05, 3.63) is 29.8 Å². The van der Waals surface area contributed by atoms with E-state index in [0.29, 0.717) is 11.3 Å². The first-order valence-corrected chi connectivity index (χ1v) is 7.23. The summed E-state index contributed by atoms with van der Waals surface area (Å²) in [6.45, 7) is 1.77. The summed E-state index contributed by atoms with van der Waals surface area (Å²) in [6.07, 6.45) is 0.432. The van der Waals surface area contributed by atoms with Gasteiger partial charge in [0.1, 0.15) is 0 Å². The average Bonchev–Trinajstić information content (AvgIpc) is 2.28. The van der Waals surface area contributed by atoms with Gasteiger partial charge in [0, 0.05) is 12.6 Å². The van der Waals surface area contributed by atoms with Crippen molar-refractivity contribution in [2.24, 2.45) is 0 Å². The minimum Gasteiger partial charge on any atom is -0.396 e. The minimum atomic E-state index is -3.30. The Morgan fingerprint density at radius 2 is 2.00 bits per heavy atom. The van der Waals surface area contributed by atoms with Crippen LogP contribution in [0.15, 0.2) is 29.2 Å². The van der Waals surface area contributed by atoms with Crippen LogP contribution in [0.2, 0.25) is 0 Å². The van der Waals surface area contributed by atoms with Crippen LogP contribution >= 0.6 is 0 Å². The molecule has 0 aliphatic heterocycles. The SMILES string of the molecule is CNC(CCO)CS(=O)(=O)c1ccccc1C. The molecule has 5 heteroatoms. The summed E-state index contributed by atoms with van der Waals surface area (Å²) >= 11 is 0. The zero-order valence-corrected chi connectivity index (χ0v) is 11.0. The molecule has 1 rings (SSSR count). The van der Waals surface area contributed by atoms with E-state index in [-0.39, 0.29) is 18.4 Å². The summed E-state index contributed by atoms with van der Waals surface area (Å²) in [6, 6.07) is 6.73. The average molecular weight is 257 g/mol. The highest BCUT2D eigenvalue weighted by Crippen LogP contribution is 2.17. The van der Waals surface area contributed by atoms with Crippen molar-refractivity contribution in [1.82, 2.24) is 5.32 Å². The lowest BCUT2D eigenvalue weighted by Crippen LogP contribution is -2.34. The van der Waals surface area contributed by atoms with E-state index in [9.17, 15) is 8.42 Å². The second-order valence-corrected chi connectivity index (χ2v) is 6.05. The molecule has 0 saturated heterocycles. The molecule has 0 aromatic heterocycles. The highest BCUT2D eigenvalue weighted by atomic mass is 32.2. The summed E-state index contributed by atoms with van der Waals surface area (Å²) in [5.41, 5.74) is 0.756. The first-order chi connectivity index (χ1) is 8.01. The third kappa shape index (κ3) is 3.80. The Balaban J connectivity index is 2.92. The number of sulfone groups is 1. The summed E-state index contributed by atoms with van der Waals surface area (Å²) < 4.78 is 24.4. The molecule has 0 saturated carbocycles. The third-order valence-electron chi connectivity index (χ3n) is 2.74. The van der Waals surface area contributed by atoms with Gasteiger partial charge in [-0.3, -0.25) is 0 Å². The summed E-state index contributed by atoms with van der Waals surface area (Å²) in [5, 5.41) is 11.8. The number of hydrogen-bond donors (Lipinski definition) is 2. The largest absolute Gasteiger partial charge is 0.396 e. The highest BCUT2D eigenvalue weighted by molar-refractivity contribution is 7.91. The van der Waals surface area contributed by atoms with Gasteiger partial charge in [0.2, 0.25) is 0 Å². The van der Waals surface area contributed by atoms with Crippen molar-refractivity contribution >= 4 is 9.84 Å². The van der Waals surface area contributed by atoms with Crippen molar-refractivity contribution in [3.63, 3.8) is 0 Å². The molecule has 0 aliphatic rings. The lowest BCUT2D eigenvalue weighted by molar-refractivity contribution is 0.272. The Bertz CT molecular complexity index is 457. The van der Waals surface area contributed by atoms with Gasteiger partial charge in [-0.2, -0.15) is 0 Å². The number of nitrogens with one attached hydrogen (secondary N) is 1. The van der Waals surface area contributed by atoms with E-state index in [0.717, 1.165) is 5.56 Å². The lowest BCUT2D eigenvalue weighted by atomic mass is 10.2. The Hall–Kier alpha value is -0.910. The minimum absolute atomic E-state index is 0.00884. The van der Waals surface area contributed by atoms with Gasteiger partial charge in [-0.05, 0) is 32.0 Å². The van der Waals surface area contributed by atoms with Crippen LogP contribution in [-0.4, -0.2) is 39.0 Å². The molecule has 4 nitrogen and oxygen atoms in total. The maximum atomic E-state index is 12.2. The van der Waals surface area contributed by atoms with Crippen LogP contribution in [0.25, 0.3) is 0 Å². The van der Waals surface area contributed by atoms with Crippen LogP contribution < -0.4 is 5.32 Å². The topological polar surface area (TPSA) is 66.4 Å². The fraction of sp³-hybridized carbons (Fsp3) is 0.500. The molecule has 0 radical (unpaired) electrons. The molecule has 0 heterocycles. The van der Waals surface area contributed by atoms with E-state index in [2.05, 4.69) is 5.32 Å². The predicted octanol–water partition coefficient (Wildman–Crippen LogP) is 0.739. The molecule has 2 N–H and O–H groups in total. The van der Waals surface area contributed by atoms with Crippen molar-refractivity contribution in [2.75, 3.05) is 19.4 Å². The maximum Gasteiger partial charge on any atom is 0.180 e. The van der Waals surface area contributed by atoms with Gasteiger partial charge in [0.05, 0.1) is 10.6 Å². The Labute approximate surface area is 103 Å². The zero-order chi connectivity index (χ0) is 12.9. The van der Waals surface area contributed by atoms with Gasteiger partial charge in [-0.15, -0.1) is 0 Å². The van der Waals surface area contributed by atoms with Crippen LogP contribution in [0, 0.1) is 6.92 Å². The molecule has 1 unspecified atom stereocenters. The van der Waals surface area contributed by atoms with Gasteiger partial charge >= 0.3 is 0 Å². The molecule has 1 aromatic rings. The lowest BCUT2D eigenvalue weighted by Gasteiger charge is -2.15. The summed E-state index contributed by atoms with van der Waals surface area (Å²) in [7, 11) is -1.60. The maximum absolute atomic E-state index is 12.2. The van der Waals surface area contributed by atoms with Crippen molar-refractivity contribution in [2.45, 2.75) is 24.3 Å². The van der Waals surface area contributed by atoms with E-state index >= 15 is 0 Å². The standard InChI is InChI=1S/C12H19NO3S/c1-10-5-3-4-6-12(10)17(15,16)9-11(13-2)7-8-14/h3-6,11,13-14H,7-9H2,1-2H3. The fourth-order valence-corrected chi connectivity index (χ4v) is 3.61. The molecule has 0 amide bonds. The number of aryl methyl sites for hydroxylation is 1. The highest BCUT2D eigenvalue weighted by Gasteiger charge is 2.21. The molecule has 1 atom stereocenters. The number of hydrogen-bond acceptors (Lipinski definition) is 4. The number of aliphatic hydroxyl groups excluding tert-OH is 1. The number of benzene rings is 1. The quantitative estimate of drug-likeness (QED) is 0.789. The Kier molecular flexibility index (Phi) is 5.11. The van der Waals surface area contributed by atoms with E-state index in [1.807, 2.05) is 6.07 Å². The first kappa shape index (κ1) is 14.2. The summed E-state index contributed by atoms with van der Waals surface area (Å²) in [4.78, 5) is 0.373. The van der Waals surface area contributed by atoms with Crippen LogP contribution in [0.5, 0.6) is 0 Å². The number of aliphatic hydroxyl groups is 1. The monoisotopic (exact) mass is 257 g/mol. The van der Waals surface area contributed by atoms with E-state index in [4.69, 9.17) is 5.11 Å². The molecule has 17 heavy (non-hydrogen) atoms. The van der Waals surface area contributed by atoms with E-state index in [1.54, 1.807) is 32.2 Å². The van der Waals surface area contributed by atoms with Gasteiger partial charge in [-0.1, -0.05) is 18.2 Å². The molecule has 0 aliphatic carbocycles. The fourth-order valence-electron chi connectivity index (χ4n) is 1.73. The molecule has 1 aromatic carbocycles. The van der Waals surface area contributed by atoms with Gasteiger partial charge in [0.15, 0.2) is 9.84 Å². The van der Waals surface area contributed by atoms with Crippen molar-refractivity contribution in [3.8, 4) is 0 Å². The van der Waals surface area contributed by atoms with Crippen LogP contribution in [0.1, 0.15) is 12.0 Å². The van der Waals surface area contributed by atoms with Crippen LogP contribution in [0.4, 0.5) is 0 Å². The molecular formula is C12H19NO3S. The van der Waals surface area contributed by atoms with Crippen molar-refractivity contribution < 1.29 is 13.5 Å². The van der Waals surface area contributed by atoms with E-state index < -0.39 is 9.84 Å². The third-order valence-corrected chi connectivity index (χ3v) is 4.70. The van der Waals surface area contributed by atoms with Gasteiger partial charge < -0.3 is 10.4 Å². The zero-order valence-electron chi connectivity index (χ0n) is 10.2. The van der Waals surface area contributed by atoms with Crippen LogP contribution in [0.3, 0.4) is 0 Å². The molecule has 0 spiro atoms.